The lowest BCUT2D eigenvalue weighted by Gasteiger charge is -2.45. The first kappa shape index (κ1) is 22.5. The van der Waals surface area contributed by atoms with Gasteiger partial charge in [-0.3, -0.25) is 0 Å². The molecule has 0 bridgehead atoms. The number of para-hydroxylation sites is 1. The third-order valence-electron chi connectivity index (χ3n) is 5.90. The summed E-state index contributed by atoms with van der Waals surface area (Å²) < 4.78 is 14.3. The van der Waals surface area contributed by atoms with Crippen molar-refractivity contribution in [3.63, 3.8) is 0 Å². The van der Waals surface area contributed by atoms with Gasteiger partial charge in [0.1, 0.15) is 23.5 Å². The number of rotatable bonds is 6. The number of fused-ring (bicyclic) bond motifs is 1. The Hall–Kier alpha value is -3.32. The summed E-state index contributed by atoms with van der Waals surface area (Å²) in [5, 5.41) is 55.3. The van der Waals surface area contributed by atoms with E-state index in [9.17, 15) is 25.5 Å². The number of aliphatic hydroxyl groups excluding tert-OH is 4. The summed E-state index contributed by atoms with van der Waals surface area (Å²) in [5.41, 5.74) is 2.94. The first-order valence-corrected chi connectivity index (χ1v) is 10.7. The van der Waals surface area contributed by atoms with E-state index >= 15 is 0 Å². The summed E-state index contributed by atoms with van der Waals surface area (Å²) in [6.07, 6.45) is -1.77. The van der Waals surface area contributed by atoms with E-state index in [4.69, 9.17) is 9.47 Å². The van der Waals surface area contributed by atoms with Crippen molar-refractivity contribution >= 4 is 11.0 Å². The third kappa shape index (κ3) is 3.84. The van der Waals surface area contributed by atoms with Gasteiger partial charge in [0.05, 0.1) is 24.1 Å². The highest BCUT2D eigenvalue weighted by molar-refractivity contribution is 5.82. The van der Waals surface area contributed by atoms with Crippen LogP contribution in [0.5, 0.6) is 5.75 Å². The summed E-state index contributed by atoms with van der Waals surface area (Å²) >= 11 is 0. The number of imidazole rings is 1. The number of hydrogen-bond donors (Lipinski definition) is 5. The molecular weight excluding hydrogens is 444 g/mol. The van der Waals surface area contributed by atoms with Crippen LogP contribution in [0.2, 0.25) is 0 Å². The number of nitrogens with zero attached hydrogens (tertiary/aromatic N) is 4. The molecule has 1 saturated heterocycles. The standard InChI is InChI=1S/C23H24N4O7/c28-12-18-20(29)21(30)23(32,22(31)33-18)34-17-4-1-3-16-19(17)26(13-24-16)11-14-5-7-15(8-6-14)27-10-2-9-25-27/h1-10,13,18,20-22,28-32H,11-12H2/t18-,20-,21+,22+,23+/m0/s1. The molecule has 5 atom stereocenters. The highest BCUT2D eigenvalue weighted by Gasteiger charge is 2.57. The minimum atomic E-state index is -2.68. The lowest BCUT2D eigenvalue weighted by Crippen LogP contribution is -2.69. The summed E-state index contributed by atoms with van der Waals surface area (Å²) in [4.78, 5) is 4.38. The van der Waals surface area contributed by atoms with Crippen molar-refractivity contribution < 1.29 is 35.0 Å². The number of aliphatic hydroxyl groups is 5. The molecule has 2 aromatic carbocycles. The first-order chi connectivity index (χ1) is 16.4. The van der Waals surface area contributed by atoms with Gasteiger partial charge in [-0.2, -0.15) is 5.10 Å². The number of hydrogen-bond acceptors (Lipinski definition) is 9. The molecule has 0 amide bonds. The summed E-state index contributed by atoms with van der Waals surface area (Å²) in [6, 6.07) is 14.6. The zero-order valence-corrected chi connectivity index (χ0v) is 17.9. The molecule has 1 fully saturated rings. The summed E-state index contributed by atoms with van der Waals surface area (Å²) in [5.74, 6) is -2.57. The van der Waals surface area contributed by atoms with Crippen molar-refractivity contribution in [3.05, 3.63) is 72.8 Å². The zero-order chi connectivity index (χ0) is 23.9. The van der Waals surface area contributed by atoms with E-state index in [1.54, 1.807) is 40.0 Å². The van der Waals surface area contributed by atoms with Gasteiger partial charge >= 0.3 is 0 Å². The predicted molar refractivity (Wildman–Crippen MR) is 118 cm³/mol. The van der Waals surface area contributed by atoms with E-state index in [-0.39, 0.29) is 5.75 Å². The second-order valence-corrected chi connectivity index (χ2v) is 8.11. The molecule has 0 radical (unpaired) electrons. The minimum Gasteiger partial charge on any atom is -0.452 e. The van der Waals surface area contributed by atoms with Crippen molar-refractivity contribution in [2.75, 3.05) is 6.61 Å². The highest BCUT2D eigenvalue weighted by Crippen LogP contribution is 2.35. The molecule has 11 heteroatoms. The predicted octanol–water partition coefficient (Wildman–Crippen LogP) is -0.231. The van der Waals surface area contributed by atoms with Gasteiger partial charge in [0.2, 0.25) is 6.29 Å². The van der Waals surface area contributed by atoms with Crippen LogP contribution < -0.4 is 4.74 Å². The van der Waals surface area contributed by atoms with Gasteiger partial charge in [0.25, 0.3) is 5.79 Å². The van der Waals surface area contributed by atoms with E-state index in [1.807, 2.05) is 36.5 Å². The fourth-order valence-corrected chi connectivity index (χ4v) is 4.04. The van der Waals surface area contributed by atoms with E-state index in [0.29, 0.717) is 17.6 Å². The number of benzene rings is 2. The SMILES string of the molecule is OC[C@@H]1O[C@@H](O)[C@](O)(Oc2cccc3ncn(Cc4ccc(-n5cccn5)cc4)c23)[C@H](O)[C@H]1O. The summed E-state index contributed by atoms with van der Waals surface area (Å²) in [6.45, 7) is -0.238. The Bertz CT molecular complexity index is 1260. The Morgan fingerprint density at radius 3 is 2.56 bits per heavy atom. The fraction of sp³-hybridized carbons (Fsp3) is 0.304. The molecule has 0 unspecified atom stereocenters. The summed E-state index contributed by atoms with van der Waals surface area (Å²) in [7, 11) is 0. The van der Waals surface area contributed by atoms with Crippen LogP contribution in [0.4, 0.5) is 0 Å². The Morgan fingerprint density at radius 2 is 1.85 bits per heavy atom. The van der Waals surface area contributed by atoms with Crippen LogP contribution in [0, 0.1) is 0 Å². The fourth-order valence-electron chi connectivity index (χ4n) is 4.04. The van der Waals surface area contributed by atoms with Crippen LogP contribution in [-0.2, 0) is 11.3 Å². The maximum Gasteiger partial charge on any atom is 0.288 e. The minimum absolute atomic E-state index is 0.113. The van der Waals surface area contributed by atoms with Crippen molar-refractivity contribution in [1.82, 2.24) is 19.3 Å². The molecule has 0 aliphatic carbocycles. The van der Waals surface area contributed by atoms with Crippen molar-refractivity contribution in [1.29, 1.82) is 0 Å². The average molecular weight is 468 g/mol. The highest BCUT2D eigenvalue weighted by atomic mass is 16.7. The molecule has 178 valence electrons. The molecular formula is C23H24N4O7. The second kappa shape index (κ2) is 8.80. The van der Waals surface area contributed by atoms with Gasteiger partial charge in [-0.05, 0) is 35.9 Å². The number of aromatic nitrogens is 4. The molecule has 3 heterocycles. The average Bonchev–Trinajstić information content (AvgIpc) is 3.52. The van der Waals surface area contributed by atoms with E-state index in [1.165, 1.54) is 0 Å². The Balaban J connectivity index is 1.44. The zero-order valence-electron chi connectivity index (χ0n) is 17.9. The lowest BCUT2D eigenvalue weighted by atomic mass is 9.96. The van der Waals surface area contributed by atoms with Crippen LogP contribution in [0.3, 0.4) is 0 Å². The monoisotopic (exact) mass is 468 g/mol. The van der Waals surface area contributed by atoms with Crippen LogP contribution in [-0.4, -0.2) is 81.9 Å². The van der Waals surface area contributed by atoms with Crippen molar-refractivity contribution in [3.8, 4) is 11.4 Å². The molecule has 2 aromatic heterocycles. The Morgan fingerprint density at radius 1 is 1.06 bits per heavy atom. The molecule has 4 aromatic rings. The Labute approximate surface area is 193 Å². The van der Waals surface area contributed by atoms with Crippen molar-refractivity contribution in [2.45, 2.75) is 36.9 Å². The van der Waals surface area contributed by atoms with Gasteiger partial charge in [-0.25, -0.2) is 9.67 Å². The maximum atomic E-state index is 10.9. The molecule has 0 spiro atoms. The van der Waals surface area contributed by atoms with Gasteiger partial charge in [-0.15, -0.1) is 0 Å². The van der Waals surface area contributed by atoms with Crippen LogP contribution in [0.25, 0.3) is 16.7 Å². The van der Waals surface area contributed by atoms with E-state index in [0.717, 1.165) is 11.3 Å². The topological polar surface area (TPSA) is 155 Å². The molecule has 5 N–H and O–H groups in total. The van der Waals surface area contributed by atoms with E-state index in [2.05, 4.69) is 10.1 Å². The first-order valence-electron chi connectivity index (χ1n) is 10.7. The largest absolute Gasteiger partial charge is 0.452 e. The van der Waals surface area contributed by atoms with Crippen molar-refractivity contribution in [2.24, 2.45) is 0 Å². The van der Waals surface area contributed by atoms with Crippen LogP contribution >= 0.6 is 0 Å². The molecule has 0 saturated carbocycles. The van der Waals surface area contributed by atoms with Crippen LogP contribution in [0.1, 0.15) is 5.56 Å². The normalized spacial score (nSPS) is 27.2. The number of ether oxygens (including phenoxy) is 2. The maximum absolute atomic E-state index is 10.9. The smallest absolute Gasteiger partial charge is 0.288 e. The second-order valence-electron chi connectivity index (χ2n) is 8.11. The quantitative estimate of drug-likeness (QED) is 0.241. The van der Waals surface area contributed by atoms with Gasteiger partial charge in [0, 0.05) is 18.9 Å². The van der Waals surface area contributed by atoms with Gasteiger partial charge in [0.15, 0.2) is 6.10 Å². The van der Waals surface area contributed by atoms with Gasteiger partial charge < -0.3 is 39.6 Å². The Kier molecular flexibility index (Phi) is 5.81. The van der Waals surface area contributed by atoms with Gasteiger partial charge in [-0.1, -0.05) is 18.2 Å². The lowest BCUT2D eigenvalue weighted by molar-refractivity contribution is -0.385. The van der Waals surface area contributed by atoms with Crippen LogP contribution in [0.15, 0.2) is 67.3 Å². The third-order valence-corrected chi connectivity index (χ3v) is 5.90. The molecule has 1 aliphatic rings. The molecule has 11 nitrogen and oxygen atoms in total. The molecule has 34 heavy (non-hydrogen) atoms. The molecule has 5 rings (SSSR count). The molecule has 1 aliphatic heterocycles. The van der Waals surface area contributed by atoms with E-state index < -0.39 is 37.0 Å².